The van der Waals surface area contributed by atoms with Crippen molar-refractivity contribution in [3.63, 3.8) is 0 Å². The van der Waals surface area contributed by atoms with Gasteiger partial charge in [0.2, 0.25) is 5.91 Å². The highest BCUT2D eigenvalue weighted by Crippen LogP contribution is 2.16. The zero-order chi connectivity index (χ0) is 12.1. The minimum atomic E-state index is -0.0534. The van der Waals surface area contributed by atoms with E-state index in [2.05, 4.69) is 4.98 Å². The molecule has 0 aliphatic carbocycles. The first-order chi connectivity index (χ1) is 7.58. The number of rotatable bonds is 5. The molecule has 1 rings (SSSR count). The van der Waals surface area contributed by atoms with Gasteiger partial charge >= 0.3 is 0 Å². The molecule has 0 aliphatic heterocycles. The van der Waals surface area contributed by atoms with Crippen LogP contribution < -0.4 is 5.73 Å². The molecule has 4 nitrogen and oxygen atoms in total. The van der Waals surface area contributed by atoms with Crippen molar-refractivity contribution in [1.29, 1.82) is 0 Å². The van der Waals surface area contributed by atoms with Crippen LogP contribution in [0.4, 0.5) is 0 Å². The van der Waals surface area contributed by atoms with Crippen molar-refractivity contribution < 1.29 is 4.79 Å². The number of amides is 1. The van der Waals surface area contributed by atoms with Gasteiger partial charge in [-0.25, -0.2) is 4.98 Å². The highest BCUT2D eigenvalue weighted by Gasteiger charge is 2.13. The number of thiazole rings is 1. The summed E-state index contributed by atoms with van der Waals surface area (Å²) in [6, 6.07) is -0.0534. The Morgan fingerprint density at radius 3 is 2.62 bits per heavy atom. The summed E-state index contributed by atoms with van der Waals surface area (Å²) in [5.74, 6) is 0.131. The molecular formula is C11H19N3OS. The lowest BCUT2D eigenvalue weighted by molar-refractivity contribution is -0.130. The average Bonchev–Trinajstić information content (AvgIpc) is 2.68. The third-order valence-electron chi connectivity index (χ3n) is 2.41. The monoisotopic (exact) mass is 241 g/mol. The minimum Gasteiger partial charge on any atom is -0.343 e. The summed E-state index contributed by atoms with van der Waals surface area (Å²) in [5.41, 5.74) is 6.55. The Labute approximate surface area is 100 Å². The number of nitrogens with two attached hydrogens (primary N) is 1. The minimum absolute atomic E-state index is 0.0534. The van der Waals surface area contributed by atoms with Gasteiger partial charge in [0.05, 0.1) is 18.2 Å². The summed E-state index contributed by atoms with van der Waals surface area (Å²) in [6.07, 6.45) is 0.380. The maximum Gasteiger partial charge on any atom is 0.228 e. The molecule has 0 saturated heterocycles. The molecule has 1 heterocycles. The summed E-state index contributed by atoms with van der Waals surface area (Å²) in [4.78, 5) is 18.0. The molecule has 0 aromatic carbocycles. The fourth-order valence-electron chi connectivity index (χ4n) is 1.46. The standard InChI is InChI=1S/C11H19N3OS/c1-4-14(5-2)10(15)6-9-7-16-11(13-9)8(3)12/h7-8H,4-6,12H2,1-3H3. The molecule has 0 bridgehead atoms. The van der Waals surface area contributed by atoms with Crippen LogP contribution in [0.3, 0.4) is 0 Å². The molecule has 1 aromatic rings. The van der Waals surface area contributed by atoms with Gasteiger partial charge in [0, 0.05) is 18.5 Å². The number of likely N-dealkylation sites (N-methyl/N-ethyl adjacent to an activating group) is 1. The molecule has 90 valence electrons. The Morgan fingerprint density at radius 2 is 2.19 bits per heavy atom. The van der Waals surface area contributed by atoms with E-state index in [1.54, 1.807) is 0 Å². The molecular weight excluding hydrogens is 222 g/mol. The molecule has 16 heavy (non-hydrogen) atoms. The molecule has 5 heteroatoms. The van der Waals surface area contributed by atoms with Crippen molar-refractivity contribution in [2.45, 2.75) is 33.2 Å². The third kappa shape index (κ3) is 3.28. The normalized spacial score (nSPS) is 12.5. The molecule has 1 amide bonds. The lowest BCUT2D eigenvalue weighted by Gasteiger charge is -2.17. The van der Waals surface area contributed by atoms with Crippen LogP contribution in [0.1, 0.15) is 37.5 Å². The number of nitrogens with zero attached hydrogens (tertiary/aromatic N) is 2. The van der Waals surface area contributed by atoms with Crippen LogP contribution in [-0.4, -0.2) is 28.9 Å². The molecule has 1 unspecified atom stereocenters. The Balaban J connectivity index is 2.62. The second-order valence-electron chi connectivity index (χ2n) is 3.71. The number of hydrogen-bond donors (Lipinski definition) is 1. The molecule has 1 aromatic heterocycles. The number of carbonyl (C=O) groups is 1. The quantitative estimate of drug-likeness (QED) is 0.851. The Kier molecular flexibility index (Phi) is 4.89. The van der Waals surface area contributed by atoms with E-state index >= 15 is 0 Å². The molecule has 0 radical (unpaired) electrons. The average molecular weight is 241 g/mol. The van der Waals surface area contributed by atoms with E-state index in [1.165, 1.54) is 11.3 Å². The van der Waals surface area contributed by atoms with Gasteiger partial charge in [0.1, 0.15) is 5.01 Å². The lowest BCUT2D eigenvalue weighted by atomic mass is 10.3. The van der Waals surface area contributed by atoms with Gasteiger partial charge in [-0.1, -0.05) is 0 Å². The van der Waals surface area contributed by atoms with Crippen LogP contribution in [-0.2, 0) is 11.2 Å². The Morgan fingerprint density at radius 1 is 1.56 bits per heavy atom. The molecule has 1 atom stereocenters. The number of carbonyl (C=O) groups excluding carboxylic acids is 1. The van der Waals surface area contributed by atoms with Crippen LogP contribution >= 0.6 is 11.3 Å². The smallest absolute Gasteiger partial charge is 0.228 e. The van der Waals surface area contributed by atoms with E-state index in [4.69, 9.17) is 5.73 Å². The first-order valence-corrected chi connectivity index (χ1v) is 6.44. The Hall–Kier alpha value is -0.940. The highest BCUT2D eigenvalue weighted by molar-refractivity contribution is 7.09. The van der Waals surface area contributed by atoms with Crippen LogP contribution in [0.15, 0.2) is 5.38 Å². The first-order valence-electron chi connectivity index (χ1n) is 5.56. The van der Waals surface area contributed by atoms with Crippen molar-refractivity contribution in [2.75, 3.05) is 13.1 Å². The largest absolute Gasteiger partial charge is 0.343 e. The first kappa shape index (κ1) is 13.1. The van der Waals surface area contributed by atoms with Gasteiger partial charge < -0.3 is 10.6 Å². The molecule has 0 saturated carbocycles. The van der Waals surface area contributed by atoms with E-state index in [0.717, 1.165) is 23.8 Å². The number of aromatic nitrogens is 1. The third-order valence-corrected chi connectivity index (χ3v) is 3.50. The molecule has 2 N–H and O–H groups in total. The predicted octanol–water partition coefficient (Wildman–Crippen LogP) is 1.57. The van der Waals surface area contributed by atoms with Gasteiger partial charge in [0.15, 0.2) is 0 Å². The maximum atomic E-state index is 11.8. The maximum absolute atomic E-state index is 11.8. The van der Waals surface area contributed by atoms with Gasteiger partial charge in [-0.15, -0.1) is 11.3 Å². The van der Waals surface area contributed by atoms with Gasteiger partial charge in [0.25, 0.3) is 0 Å². The van der Waals surface area contributed by atoms with Crippen LogP contribution in [0.5, 0.6) is 0 Å². The number of hydrogen-bond acceptors (Lipinski definition) is 4. The van der Waals surface area contributed by atoms with Crippen molar-refractivity contribution in [3.8, 4) is 0 Å². The van der Waals surface area contributed by atoms with Gasteiger partial charge in [-0.2, -0.15) is 0 Å². The van der Waals surface area contributed by atoms with Crippen molar-refractivity contribution in [1.82, 2.24) is 9.88 Å². The second-order valence-corrected chi connectivity index (χ2v) is 4.60. The molecule has 0 aliphatic rings. The summed E-state index contributed by atoms with van der Waals surface area (Å²) in [5, 5.41) is 2.81. The van der Waals surface area contributed by atoms with E-state index in [9.17, 15) is 4.79 Å². The summed E-state index contributed by atoms with van der Waals surface area (Å²) < 4.78 is 0. The van der Waals surface area contributed by atoms with E-state index in [0.29, 0.717) is 6.42 Å². The zero-order valence-corrected chi connectivity index (χ0v) is 10.9. The fourth-order valence-corrected chi connectivity index (χ4v) is 2.23. The van der Waals surface area contributed by atoms with Crippen LogP contribution in [0, 0.1) is 0 Å². The van der Waals surface area contributed by atoms with Gasteiger partial charge in [-0.3, -0.25) is 4.79 Å². The lowest BCUT2D eigenvalue weighted by Crippen LogP contribution is -2.31. The molecule has 0 fully saturated rings. The van der Waals surface area contributed by atoms with Crippen molar-refractivity contribution in [3.05, 3.63) is 16.1 Å². The van der Waals surface area contributed by atoms with Crippen molar-refractivity contribution in [2.24, 2.45) is 5.73 Å². The van der Waals surface area contributed by atoms with E-state index in [-0.39, 0.29) is 11.9 Å². The zero-order valence-electron chi connectivity index (χ0n) is 10.1. The van der Waals surface area contributed by atoms with Gasteiger partial charge in [-0.05, 0) is 20.8 Å². The summed E-state index contributed by atoms with van der Waals surface area (Å²) in [7, 11) is 0. The second kappa shape index (κ2) is 5.96. The van der Waals surface area contributed by atoms with E-state index in [1.807, 2.05) is 31.1 Å². The Bertz CT molecular complexity index is 345. The van der Waals surface area contributed by atoms with Crippen molar-refractivity contribution >= 4 is 17.2 Å². The summed E-state index contributed by atoms with van der Waals surface area (Å²) >= 11 is 1.52. The fraction of sp³-hybridized carbons (Fsp3) is 0.636. The summed E-state index contributed by atoms with van der Waals surface area (Å²) in [6.45, 7) is 7.36. The van der Waals surface area contributed by atoms with E-state index < -0.39 is 0 Å². The van der Waals surface area contributed by atoms with Crippen LogP contribution in [0.25, 0.3) is 0 Å². The highest BCUT2D eigenvalue weighted by atomic mass is 32.1. The predicted molar refractivity (Wildman–Crippen MR) is 66.3 cm³/mol. The molecule has 0 spiro atoms. The SMILES string of the molecule is CCN(CC)C(=O)Cc1csc(C(C)N)n1. The topological polar surface area (TPSA) is 59.2 Å². The van der Waals surface area contributed by atoms with Crippen LogP contribution in [0.2, 0.25) is 0 Å².